The van der Waals surface area contributed by atoms with Crippen LogP contribution >= 0.6 is 7.75 Å². The Bertz CT molecular complexity index is 1440. The lowest BCUT2D eigenvalue weighted by Gasteiger charge is -2.32. The number of aliphatic imine (C=N–C) groups is 1. The minimum absolute atomic E-state index is 0.137. The van der Waals surface area contributed by atoms with E-state index < -0.39 is 62.9 Å². The summed E-state index contributed by atoms with van der Waals surface area (Å²) in [4.78, 5) is 21.4. The van der Waals surface area contributed by atoms with Gasteiger partial charge in [-0.1, -0.05) is 24.6 Å². The van der Waals surface area contributed by atoms with Crippen LogP contribution in [-0.4, -0.2) is 87.3 Å². The molecular weight excluding hydrogens is 626 g/mol. The van der Waals surface area contributed by atoms with Crippen LogP contribution in [0.4, 0.5) is 10.2 Å². The van der Waals surface area contributed by atoms with E-state index in [9.17, 15) is 24.0 Å². The topological polar surface area (TPSA) is 201 Å². The van der Waals surface area contributed by atoms with Gasteiger partial charge in [0.15, 0.2) is 23.8 Å². The lowest BCUT2D eigenvalue weighted by molar-refractivity contribution is -0.152. The van der Waals surface area contributed by atoms with Crippen LogP contribution < -0.4 is 20.7 Å². The number of benzene rings is 1. The van der Waals surface area contributed by atoms with Gasteiger partial charge < -0.3 is 34.3 Å². The number of imidazole rings is 1. The molecule has 254 valence electrons. The Labute approximate surface area is 266 Å². The van der Waals surface area contributed by atoms with Gasteiger partial charge in [0, 0.05) is 0 Å². The number of halogens is 1. The van der Waals surface area contributed by atoms with E-state index in [0.29, 0.717) is 0 Å². The third-order valence-electron chi connectivity index (χ3n) is 8.18. The molecule has 1 aliphatic carbocycles. The smallest absolute Gasteiger partial charge is 0.459 e. The molecule has 1 aromatic heterocycles. The molecule has 3 aliphatic rings. The van der Waals surface area contributed by atoms with Crippen molar-refractivity contribution in [3.63, 3.8) is 0 Å². The van der Waals surface area contributed by atoms with Crippen molar-refractivity contribution in [3.8, 4) is 5.75 Å². The quantitative estimate of drug-likeness (QED) is 0.163. The number of anilines is 1. The summed E-state index contributed by atoms with van der Waals surface area (Å²) in [5, 5.41) is 28.3. The fraction of sp³-hybridized carbons (Fsp3) is 0.621. The predicted octanol–water partition coefficient (Wildman–Crippen LogP) is 2.74. The average molecular weight is 669 g/mol. The van der Waals surface area contributed by atoms with Gasteiger partial charge in [-0.3, -0.25) is 19.6 Å². The zero-order valence-electron chi connectivity index (χ0n) is 26.0. The molecule has 0 spiro atoms. The van der Waals surface area contributed by atoms with Gasteiger partial charge >= 0.3 is 13.7 Å². The van der Waals surface area contributed by atoms with Crippen molar-refractivity contribution in [1.29, 1.82) is 0 Å². The first kappa shape index (κ1) is 34.2. The number of nitrogens with two attached hydrogens (primary N) is 1. The maximum Gasteiger partial charge on any atom is 0.459 e. The molecule has 0 radical (unpaired) electrons. The number of fused-ring (bicyclic) bond motifs is 1. The van der Waals surface area contributed by atoms with Gasteiger partial charge in [-0.2, -0.15) is 5.09 Å². The van der Waals surface area contributed by atoms with Crippen molar-refractivity contribution in [2.75, 3.05) is 25.2 Å². The number of rotatable bonds is 12. The molecule has 3 heterocycles. The van der Waals surface area contributed by atoms with Crippen LogP contribution in [0.1, 0.15) is 64.8 Å². The Morgan fingerprint density at radius 2 is 2.02 bits per heavy atom. The first-order valence-corrected chi connectivity index (χ1v) is 16.9. The predicted molar refractivity (Wildman–Crippen MR) is 164 cm³/mol. The number of carbonyl (C=O) groups excluding carboxylic acids is 1. The summed E-state index contributed by atoms with van der Waals surface area (Å²) in [7, 11) is -4.47. The Hall–Kier alpha value is -3.11. The van der Waals surface area contributed by atoms with Crippen molar-refractivity contribution in [2.24, 2.45) is 10.7 Å². The van der Waals surface area contributed by atoms with Crippen LogP contribution in [0.3, 0.4) is 0 Å². The van der Waals surface area contributed by atoms with Gasteiger partial charge in [0.2, 0.25) is 5.90 Å². The lowest BCUT2D eigenvalue weighted by Crippen LogP contribution is -2.53. The van der Waals surface area contributed by atoms with Crippen LogP contribution in [0.25, 0.3) is 0 Å². The SMILES string of the molecule is CCOC1=NC(N)Nc2c1ncn2[C@@H]1O[C@](CF)(COP(=O)(NC(C)C(=O)OC2CCCCC2)Oc2ccccc2)[C@@H](O)[C@@]1(C)O. The van der Waals surface area contributed by atoms with Crippen LogP contribution in [0.15, 0.2) is 41.7 Å². The third kappa shape index (κ3) is 7.08. The molecule has 15 nitrogen and oxygen atoms in total. The lowest BCUT2D eigenvalue weighted by atomic mass is 9.88. The zero-order valence-corrected chi connectivity index (χ0v) is 26.9. The monoisotopic (exact) mass is 668 g/mol. The number of alkyl halides is 1. The van der Waals surface area contributed by atoms with Crippen LogP contribution in [0.2, 0.25) is 0 Å². The number of ether oxygens (including phenoxy) is 3. The van der Waals surface area contributed by atoms with Gasteiger partial charge in [0.1, 0.15) is 42.1 Å². The number of hydrogen-bond donors (Lipinski definition) is 5. The van der Waals surface area contributed by atoms with Crippen molar-refractivity contribution >= 4 is 25.4 Å². The van der Waals surface area contributed by atoms with E-state index >= 15 is 0 Å². The van der Waals surface area contributed by atoms with Gasteiger partial charge in [0.05, 0.1) is 19.5 Å². The Balaban J connectivity index is 1.37. The molecule has 1 saturated heterocycles. The number of nitrogens with one attached hydrogen (secondary N) is 2. The number of aromatic nitrogens is 2. The maximum absolute atomic E-state index is 15.0. The second kappa shape index (κ2) is 13.9. The summed E-state index contributed by atoms with van der Waals surface area (Å²) in [6.07, 6.45) is 1.26. The highest BCUT2D eigenvalue weighted by molar-refractivity contribution is 7.52. The standard InChI is InChI=1S/C29H42FN6O9P/c1-4-41-23-21-22(33-27(31)34-23)36(17-32-21)26-28(3,39)25(38)29(15-30,44-26)16-42-46(40,45-20-13-9-6-10-14-20)35-18(2)24(37)43-19-11-7-5-8-12-19/h6,9-10,13-14,17-19,25-27,33,38-39H,4-5,7-8,11-12,15-16,31H2,1-3H3,(H,35,40)/t18?,25-,26+,27?,28+,29+,46?/m0/s1. The van der Waals surface area contributed by atoms with Gasteiger partial charge in [-0.05, 0) is 58.6 Å². The van der Waals surface area contributed by atoms with Crippen LogP contribution in [0.5, 0.6) is 5.75 Å². The summed E-state index contributed by atoms with van der Waals surface area (Å²) in [6.45, 7) is 2.54. The summed E-state index contributed by atoms with van der Waals surface area (Å²) in [5.74, 6) is -0.109. The van der Waals surface area contributed by atoms with Crippen molar-refractivity contribution in [3.05, 3.63) is 42.4 Å². The Morgan fingerprint density at radius 3 is 2.70 bits per heavy atom. The largest absolute Gasteiger partial charge is 0.476 e. The van der Waals surface area contributed by atoms with Gasteiger partial charge in [-0.15, -0.1) is 0 Å². The summed E-state index contributed by atoms with van der Waals surface area (Å²) >= 11 is 0. The zero-order chi connectivity index (χ0) is 33.1. The number of para-hydroxylation sites is 1. The second-order valence-corrected chi connectivity index (χ2v) is 13.5. The number of nitrogens with zero attached hydrogens (tertiary/aromatic N) is 3. The number of esters is 1. The van der Waals surface area contributed by atoms with Gasteiger partial charge in [-0.25, -0.2) is 18.9 Å². The first-order chi connectivity index (χ1) is 21.9. The molecule has 2 fully saturated rings. The van der Waals surface area contributed by atoms with E-state index in [0.717, 1.165) is 32.1 Å². The fourth-order valence-corrected chi connectivity index (χ4v) is 7.30. The molecule has 17 heteroatoms. The first-order valence-electron chi connectivity index (χ1n) is 15.3. The normalized spacial score (nSPS) is 30.0. The molecule has 2 aliphatic heterocycles. The second-order valence-electron chi connectivity index (χ2n) is 11.8. The highest BCUT2D eigenvalue weighted by Crippen LogP contribution is 2.51. The molecule has 46 heavy (non-hydrogen) atoms. The molecule has 2 aromatic rings. The van der Waals surface area contributed by atoms with Crippen LogP contribution in [-0.2, 0) is 28.1 Å². The van der Waals surface area contributed by atoms with Crippen molar-refractivity contribution in [2.45, 2.75) is 94.8 Å². The fourth-order valence-electron chi connectivity index (χ4n) is 5.75. The maximum atomic E-state index is 15.0. The van der Waals surface area contributed by atoms with E-state index in [1.165, 1.54) is 36.9 Å². The number of carbonyl (C=O) groups is 1. The van der Waals surface area contributed by atoms with E-state index in [1.807, 2.05) is 0 Å². The summed E-state index contributed by atoms with van der Waals surface area (Å²) in [5.41, 5.74) is 1.92. The molecular formula is C29H42FN6O9P. The molecule has 0 bridgehead atoms. The molecule has 1 aromatic carbocycles. The summed E-state index contributed by atoms with van der Waals surface area (Å²) < 4.78 is 59.1. The summed E-state index contributed by atoms with van der Waals surface area (Å²) in [6, 6.07) is 6.91. The van der Waals surface area contributed by atoms with Crippen molar-refractivity contribution in [1.82, 2.24) is 14.6 Å². The van der Waals surface area contributed by atoms with E-state index in [2.05, 4.69) is 20.4 Å². The highest BCUT2D eigenvalue weighted by atomic mass is 31.2. The van der Waals surface area contributed by atoms with Gasteiger partial charge in [0.25, 0.3) is 0 Å². The highest BCUT2D eigenvalue weighted by Gasteiger charge is 2.63. The third-order valence-corrected chi connectivity index (χ3v) is 9.81. The molecule has 5 rings (SSSR count). The molecule has 0 amide bonds. The molecule has 1 saturated carbocycles. The average Bonchev–Trinajstić information content (AvgIpc) is 3.53. The number of aliphatic hydroxyl groups is 2. The number of hydrogen-bond acceptors (Lipinski definition) is 13. The molecule has 7 atom stereocenters. The Morgan fingerprint density at radius 1 is 1.30 bits per heavy atom. The van der Waals surface area contributed by atoms with Crippen molar-refractivity contribution < 1.29 is 47.2 Å². The van der Waals surface area contributed by atoms with E-state index in [-0.39, 0.29) is 35.9 Å². The van der Waals surface area contributed by atoms with E-state index in [1.54, 1.807) is 25.1 Å². The minimum atomic E-state index is -4.47. The minimum Gasteiger partial charge on any atom is -0.476 e. The van der Waals surface area contributed by atoms with Crippen LogP contribution in [0, 0.1) is 0 Å². The number of aliphatic hydroxyl groups excluding tert-OH is 1. The van der Waals surface area contributed by atoms with E-state index in [4.69, 9.17) is 29.0 Å². The molecule has 6 N–H and O–H groups in total. The Kier molecular flexibility index (Phi) is 10.4. The molecule has 3 unspecified atom stereocenters.